The van der Waals surface area contributed by atoms with Gasteiger partial charge in [-0.05, 0) is 36.5 Å². The molecule has 3 rings (SSSR count). The van der Waals surface area contributed by atoms with Crippen molar-refractivity contribution in [3.8, 4) is 11.4 Å². The van der Waals surface area contributed by atoms with Gasteiger partial charge >= 0.3 is 0 Å². The number of aromatic nitrogens is 4. The zero-order valence-corrected chi connectivity index (χ0v) is 14.7. The minimum Gasteiger partial charge on any atom is -0.271 e. The van der Waals surface area contributed by atoms with Crippen LogP contribution in [-0.4, -0.2) is 31.8 Å². The number of amides is 1. The van der Waals surface area contributed by atoms with Crippen molar-refractivity contribution in [1.29, 1.82) is 0 Å². The third kappa shape index (κ3) is 4.59. The second-order valence-corrected chi connectivity index (χ2v) is 7.16. The van der Waals surface area contributed by atoms with Gasteiger partial charge in [-0.3, -0.25) is 4.79 Å². The lowest BCUT2D eigenvalue weighted by molar-refractivity contribution is -0.122. The third-order valence-corrected chi connectivity index (χ3v) is 3.92. The number of hydrogen-bond acceptors (Lipinski definition) is 5. The van der Waals surface area contributed by atoms with Crippen molar-refractivity contribution in [3.63, 3.8) is 0 Å². The molecule has 1 aromatic heterocycles. The molecule has 0 fully saturated rings. The van der Waals surface area contributed by atoms with E-state index >= 15 is 0 Å². The molecule has 0 spiro atoms. The summed E-state index contributed by atoms with van der Waals surface area (Å²) in [5, 5.41) is 16.4. The number of rotatable bonds is 4. The van der Waals surface area contributed by atoms with Crippen LogP contribution in [0.2, 0.25) is 0 Å². The fraction of sp³-hybridized carbons (Fsp3) is 0.389. The molecule has 1 N–H and O–H groups in total. The summed E-state index contributed by atoms with van der Waals surface area (Å²) in [6.45, 7) is 6.46. The zero-order chi connectivity index (χ0) is 17.9. The number of carbonyl (C=O) groups is 1. The van der Waals surface area contributed by atoms with Crippen molar-refractivity contribution in [2.24, 2.45) is 10.5 Å². The summed E-state index contributed by atoms with van der Waals surface area (Å²) in [7, 11) is 0. The van der Waals surface area contributed by atoms with Gasteiger partial charge in [0.25, 0.3) is 5.91 Å². The second-order valence-electron chi connectivity index (χ2n) is 7.16. The minimum absolute atomic E-state index is 0.0251. The highest BCUT2D eigenvalue weighted by molar-refractivity contribution is 5.97. The maximum absolute atomic E-state index is 12.1. The molecule has 1 aliphatic carbocycles. The fourth-order valence-electron chi connectivity index (χ4n) is 3.08. The normalized spacial score (nSPS) is 18.0. The highest BCUT2D eigenvalue weighted by Gasteiger charge is 2.24. The molecule has 25 heavy (non-hydrogen) atoms. The van der Waals surface area contributed by atoms with Gasteiger partial charge in [-0.25, -0.2) is 5.43 Å². The first-order valence-electron chi connectivity index (χ1n) is 8.27. The monoisotopic (exact) mass is 338 g/mol. The van der Waals surface area contributed by atoms with Crippen molar-refractivity contribution in [2.45, 2.75) is 40.2 Å². The number of allylic oxidation sites excluding steroid dienone is 2. The van der Waals surface area contributed by atoms with Crippen LogP contribution in [0, 0.1) is 5.41 Å². The summed E-state index contributed by atoms with van der Waals surface area (Å²) in [5.41, 5.74) is 5.77. The number of tetrazole rings is 1. The molecule has 7 heteroatoms. The largest absolute Gasteiger partial charge is 0.271 e. The summed E-state index contributed by atoms with van der Waals surface area (Å²) in [6.07, 6.45) is 3.92. The Morgan fingerprint density at radius 3 is 2.76 bits per heavy atom. The van der Waals surface area contributed by atoms with E-state index in [9.17, 15) is 4.79 Å². The number of carbonyl (C=O) groups excluding carboxylic acids is 1. The highest BCUT2D eigenvalue weighted by atomic mass is 16.2. The van der Waals surface area contributed by atoms with E-state index in [1.165, 1.54) is 10.4 Å². The first-order chi connectivity index (χ1) is 11.9. The molecular weight excluding hydrogens is 316 g/mol. The lowest BCUT2D eigenvalue weighted by Gasteiger charge is -2.29. The van der Waals surface area contributed by atoms with E-state index in [0.29, 0.717) is 5.82 Å². The van der Waals surface area contributed by atoms with Crippen molar-refractivity contribution >= 4 is 11.6 Å². The number of nitrogens with zero attached hydrogens (tertiary/aromatic N) is 5. The zero-order valence-electron chi connectivity index (χ0n) is 14.7. The number of hydrazone groups is 1. The van der Waals surface area contributed by atoms with Crippen LogP contribution < -0.4 is 5.43 Å². The summed E-state index contributed by atoms with van der Waals surface area (Å²) in [5.74, 6) is 0.214. The van der Waals surface area contributed by atoms with Gasteiger partial charge in [-0.2, -0.15) is 9.90 Å². The fourth-order valence-corrected chi connectivity index (χ4v) is 3.08. The molecule has 2 aromatic rings. The van der Waals surface area contributed by atoms with Crippen molar-refractivity contribution in [2.75, 3.05) is 0 Å². The summed E-state index contributed by atoms with van der Waals surface area (Å²) in [6, 6.07) is 9.52. The van der Waals surface area contributed by atoms with E-state index in [4.69, 9.17) is 0 Å². The van der Waals surface area contributed by atoms with Crippen LogP contribution in [0.3, 0.4) is 0 Å². The smallest absolute Gasteiger partial charge is 0.263 e. The molecule has 0 bridgehead atoms. The van der Waals surface area contributed by atoms with Gasteiger partial charge in [0, 0.05) is 5.56 Å². The van der Waals surface area contributed by atoms with Crippen LogP contribution in [0.1, 0.15) is 33.6 Å². The predicted octanol–water partition coefficient (Wildman–Crippen LogP) is 2.58. The number of benzene rings is 1. The second kappa shape index (κ2) is 6.96. The van der Waals surface area contributed by atoms with E-state index in [1.807, 2.05) is 36.4 Å². The Bertz CT molecular complexity index is 819. The maximum atomic E-state index is 12.1. The van der Waals surface area contributed by atoms with Crippen LogP contribution in [0.5, 0.6) is 0 Å². The van der Waals surface area contributed by atoms with Gasteiger partial charge in [0.15, 0.2) is 0 Å². The van der Waals surface area contributed by atoms with Gasteiger partial charge in [0.1, 0.15) is 6.54 Å². The molecule has 0 saturated carbocycles. The summed E-state index contributed by atoms with van der Waals surface area (Å²) in [4.78, 5) is 13.3. The molecule has 1 heterocycles. The summed E-state index contributed by atoms with van der Waals surface area (Å²) < 4.78 is 0. The van der Waals surface area contributed by atoms with E-state index in [2.05, 4.69) is 46.7 Å². The van der Waals surface area contributed by atoms with E-state index in [0.717, 1.165) is 24.1 Å². The van der Waals surface area contributed by atoms with Crippen molar-refractivity contribution in [1.82, 2.24) is 25.6 Å². The van der Waals surface area contributed by atoms with Crippen LogP contribution in [0.15, 0.2) is 47.1 Å². The van der Waals surface area contributed by atoms with Gasteiger partial charge < -0.3 is 0 Å². The lowest BCUT2D eigenvalue weighted by atomic mass is 9.77. The van der Waals surface area contributed by atoms with Gasteiger partial charge in [0.2, 0.25) is 5.82 Å². The predicted molar refractivity (Wildman–Crippen MR) is 95.6 cm³/mol. The van der Waals surface area contributed by atoms with Crippen LogP contribution in [-0.2, 0) is 11.3 Å². The number of nitrogens with one attached hydrogen (secondary N) is 1. The third-order valence-electron chi connectivity index (χ3n) is 3.92. The van der Waals surface area contributed by atoms with Gasteiger partial charge in [-0.1, -0.05) is 49.8 Å². The quantitative estimate of drug-likeness (QED) is 0.868. The molecule has 0 aliphatic heterocycles. The SMILES string of the molecule is CC1=C/C(=N\NC(=O)Cn2nnc(-c3ccccc3)n2)CC(C)(C)C1. The van der Waals surface area contributed by atoms with Crippen LogP contribution >= 0.6 is 0 Å². The van der Waals surface area contributed by atoms with E-state index in [1.54, 1.807) is 0 Å². The molecular formula is C18H22N6O. The Balaban J connectivity index is 1.61. The Kier molecular flexibility index (Phi) is 4.74. The van der Waals surface area contributed by atoms with Gasteiger partial charge in [0.05, 0.1) is 5.71 Å². The number of hydrogen-bond donors (Lipinski definition) is 1. The molecule has 0 saturated heterocycles. The molecule has 1 aromatic carbocycles. The van der Waals surface area contributed by atoms with Crippen LogP contribution in [0.25, 0.3) is 11.4 Å². The standard InChI is InChI=1S/C18H22N6O/c1-13-9-15(11-18(2,3)10-13)19-20-16(25)12-24-22-17(21-23-24)14-7-5-4-6-8-14/h4-9H,10-12H2,1-3H3,(H,20,25)/b19-15+. The van der Waals surface area contributed by atoms with E-state index in [-0.39, 0.29) is 17.9 Å². The molecule has 0 radical (unpaired) electrons. The molecule has 1 aliphatic rings. The maximum Gasteiger partial charge on any atom is 0.263 e. The minimum atomic E-state index is -0.279. The lowest BCUT2D eigenvalue weighted by Crippen LogP contribution is -2.28. The highest BCUT2D eigenvalue weighted by Crippen LogP contribution is 2.33. The molecule has 130 valence electrons. The molecule has 0 unspecified atom stereocenters. The molecule has 1 amide bonds. The van der Waals surface area contributed by atoms with E-state index < -0.39 is 0 Å². The first kappa shape index (κ1) is 17.0. The van der Waals surface area contributed by atoms with Crippen molar-refractivity contribution < 1.29 is 4.79 Å². The van der Waals surface area contributed by atoms with Gasteiger partial charge in [-0.15, -0.1) is 10.2 Å². The summed E-state index contributed by atoms with van der Waals surface area (Å²) >= 11 is 0. The Morgan fingerprint density at radius 2 is 2.04 bits per heavy atom. The van der Waals surface area contributed by atoms with Crippen molar-refractivity contribution in [3.05, 3.63) is 42.0 Å². The average Bonchev–Trinajstić information content (AvgIpc) is 3.00. The first-order valence-corrected chi connectivity index (χ1v) is 8.27. The molecule has 0 atom stereocenters. The Labute approximate surface area is 146 Å². The Hall–Kier alpha value is -2.83. The average molecular weight is 338 g/mol. The topological polar surface area (TPSA) is 85.1 Å². The Morgan fingerprint density at radius 1 is 1.28 bits per heavy atom. The molecule has 7 nitrogen and oxygen atoms in total. The van der Waals surface area contributed by atoms with Crippen LogP contribution in [0.4, 0.5) is 0 Å².